The molecule has 0 aliphatic rings. The van der Waals surface area contributed by atoms with Crippen molar-refractivity contribution in [1.29, 1.82) is 0 Å². The van der Waals surface area contributed by atoms with Crippen LogP contribution >= 0.6 is 23.1 Å². The van der Waals surface area contributed by atoms with Gasteiger partial charge in [0.2, 0.25) is 5.91 Å². The maximum Gasteiger partial charge on any atom is 0.249 e. The Balaban J connectivity index is 1.81. The van der Waals surface area contributed by atoms with Crippen molar-refractivity contribution in [3.8, 4) is 0 Å². The summed E-state index contributed by atoms with van der Waals surface area (Å²) in [5.74, 6) is 0.392. The Labute approximate surface area is 125 Å². The van der Waals surface area contributed by atoms with Crippen LogP contribution in [-0.2, 0) is 5.75 Å². The molecule has 1 aromatic heterocycles. The molecule has 0 atom stereocenters. The van der Waals surface area contributed by atoms with Gasteiger partial charge >= 0.3 is 0 Å². The van der Waals surface area contributed by atoms with Crippen LogP contribution in [0.3, 0.4) is 0 Å². The van der Waals surface area contributed by atoms with E-state index in [0.29, 0.717) is 5.56 Å². The standard InChI is InChI=1S/C16H13NOS2/c17-16(18)13-7-3-1-6-12(13)10-19-15-9-11-5-2-4-8-14(11)20-15/h1-9H,10H2,(H2,17,18). The van der Waals surface area contributed by atoms with Gasteiger partial charge in [-0.05, 0) is 29.1 Å². The minimum absolute atomic E-state index is 0.363. The van der Waals surface area contributed by atoms with Gasteiger partial charge in [-0.3, -0.25) is 4.79 Å². The quantitative estimate of drug-likeness (QED) is 0.730. The fourth-order valence-electron chi connectivity index (χ4n) is 2.06. The topological polar surface area (TPSA) is 43.1 Å². The van der Waals surface area contributed by atoms with Crippen molar-refractivity contribution in [2.24, 2.45) is 5.73 Å². The van der Waals surface area contributed by atoms with Gasteiger partial charge in [-0.25, -0.2) is 0 Å². The van der Waals surface area contributed by atoms with E-state index < -0.39 is 0 Å². The maximum atomic E-state index is 11.4. The summed E-state index contributed by atoms with van der Waals surface area (Å²) in [6.07, 6.45) is 0. The van der Waals surface area contributed by atoms with Crippen molar-refractivity contribution in [2.75, 3.05) is 0 Å². The third-order valence-electron chi connectivity index (χ3n) is 3.06. The highest BCUT2D eigenvalue weighted by Crippen LogP contribution is 2.34. The van der Waals surface area contributed by atoms with Crippen LogP contribution in [0.2, 0.25) is 0 Å². The Morgan fingerprint density at radius 2 is 1.85 bits per heavy atom. The van der Waals surface area contributed by atoms with E-state index in [4.69, 9.17) is 5.73 Å². The first kappa shape index (κ1) is 13.2. The molecular formula is C16H13NOS2. The number of nitrogens with two attached hydrogens (primary N) is 1. The van der Waals surface area contributed by atoms with E-state index in [1.54, 1.807) is 29.2 Å². The monoisotopic (exact) mass is 299 g/mol. The van der Waals surface area contributed by atoms with E-state index in [9.17, 15) is 4.79 Å². The van der Waals surface area contributed by atoms with Gasteiger partial charge < -0.3 is 5.73 Å². The van der Waals surface area contributed by atoms with Crippen molar-refractivity contribution < 1.29 is 4.79 Å². The van der Waals surface area contributed by atoms with Gasteiger partial charge in [0.05, 0.1) is 4.21 Å². The van der Waals surface area contributed by atoms with Crippen molar-refractivity contribution >= 4 is 39.1 Å². The zero-order valence-corrected chi connectivity index (χ0v) is 12.3. The van der Waals surface area contributed by atoms with Gasteiger partial charge in [0.25, 0.3) is 0 Å². The van der Waals surface area contributed by atoms with E-state index in [1.165, 1.54) is 14.3 Å². The number of rotatable bonds is 4. The summed E-state index contributed by atoms with van der Waals surface area (Å²) < 4.78 is 2.55. The molecule has 2 N–H and O–H groups in total. The SMILES string of the molecule is NC(=O)c1ccccc1CSc1cc2ccccc2s1. The van der Waals surface area contributed by atoms with E-state index in [1.807, 2.05) is 24.3 Å². The minimum Gasteiger partial charge on any atom is -0.366 e. The molecule has 0 radical (unpaired) electrons. The molecule has 4 heteroatoms. The van der Waals surface area contributed by atoms with Gasteiger partial charge in [0.15, 0.2) is 0 Å². The Morgan fingerprint density at radius 3 is 2.65 bits per heavy atom. The van der Waals surface area contributed by atoms with Crippen molar-refractivity contribution in [3.63, 3.8) is 0 Å². The second kappa shape index (κ2) is 5.69. The highest BCUT2D eigenvalue weighted by atomic mass is 32.2. The lowest BCUT2D eigenvalue weighted by molar-refractivity contribution is 0.0999. The summed E-state index contributed by atoms with van der Waals surface area (Å²) in [5, 5.41) is 1.27. The van der Waals surface area contributed by atoms with Crippen LogP contribution in [0.15, 0.2) is 58.8 Å². The zero-order chi connectivity index (χ0) is 13.9. The number of amides is 1. The van der Waals surface area contributed by atoms with Crippen LogP contribution in [0.1, 0.15) is 15.9 Å². The average Bonchev–Trinajstić information content (AvgIpc) is 2.88. The molecule has 0 bridgehead atoms. The first-order valence-corrected chi connectivity index (χ1v) is 8.03. The molecule has 0 unspecified atom stereocenters. The number of primary amides is 1. The molecule has 0 saturated heterocycles. The molecule has 1 amide bonds. The normalized spacial score (nSPS) is 10.8. The number of hydrogen-bond acceptors (Lipinski definition) is 3. The molecular weight excluding hydrogens is 286 g/mol. The number of thiophene rings is 1. The van der Waals surface area contributed by atoms with Gasteiger partial charge in [-0.15, -0.1) is 23.1 Å². The lowest BCUT2D eigenvalue weighted by Crippen LogP contribution is -2.13. The summed E-state index contributed by atoms with van der Waals surface area (Å²) in [4.78, 5) is 11.4. The van der Waals surface area contributed by atoms with Crippen LogP contribution in [0.5, 0.6) is 0 Å². The maximum absolute atomic E-state index is 11.4. The van der Waals surface area contributed by atoms with Crippen molar-refractivity contribution in [3.05, 3.63) is 65.7 Å². The lowest BCUT2D eigenvalue weighted by Gasteiger charge is -2.04. The number of carbonyl (C=O) groups excluding carboxylic acids is 1. The summed E-state index contributed by atoms with van der Waals surface area (Å²) in [6.45, 7) is 0. The molecule has 0 aliphatic carbocycles. The average molecular weight is 299 g/mol. The second-order valence-electron chi connectivity index (χ2n) is 4.41. The molecule has 20 heavy (non-hydrogen) atoms. The second-order valence-corrected chi connectivity index (χ2v) is 6.77. The predicted molar refractivity (Wildman–Crippen MR) is 86.3 cm³/mol. The summed E-state index contributed by atoms with van der Waals surface area (Å²) in [7, 11) is 0. The van der Waals surface area contributed by atoms with Crippen LogP contribution in [0.4, 0.5) is 0 Å². The van der Waals surface area contributed by atoms with E-state index in [2.05, 4.69) is 24.3 Å². The Hall–Kier alpha value is -1.78. The number of benzene rings is 2. The van der Waals surface area contributed by atoms with E-state index >= 15 is 0 Å². The zero-order valence-electron chi connectivity index (χ0n) is 10.7. The third-order valence-corrected chi connectivity index (χ3v) is 5.43. The number of thioether (sulfide) groups is 1. The summed E-state index contributed by atoms with van der Waals surface area (Å²) >= 11 is 3.52. The molecule has 0 aliphatic heterocycles. The Kier molecular flexibility index (Phi) is 3.76. The number of hydrogen-bond donors (Lipinski definition) is 1. The fraction of sp³-hybridized carbons (Fsp3) is 0.0625. The summed E-state index contributed by atoms with van der Waals surface area (Å²) in [6, 6.07) is 18.1. The Bertz CT molecular complexity index is 731. The van der Waals surface area contributed by atoms with Gasteiger partial charge in [0.1, 0.15) is 0 Å². The van der Waals surface area contributed by atoms with Gasteiger partial charge in [-0.2, -0.15) is 0 Å². The highest BCUT2D eigenvalue weighted by Gasteiger charge is 2.08. The van der Waals surface area contributed by atoms with Crippen LogP contribution in [-0.4, -0.2) is 5.91 Å². The lowest BCUT2D eigenvalue weighted by atomic mass is 10.1. The Morgan fingerprint density at radius 1 is 1.10 bits per heavy atom. The van der Waals surface area contributed by atoms with Crippen molar-refractivity contribution in [1.82, 2.24) is 0 Å². The predicted octanol–water partition coefficient (Wildman–Crippen LogP) is 4.29. The first-order valence-electron chi connectivity index (χ1n) is 6.23. The molecule has 2 nitrogen and oxygen atoms in total. The summed E-state index contributed by atoms with van der Waals surface area (Å²) in [5.41, 5.74) is 7.00. The van der Waals surface area contributed by atoms with E-state index in [-0.39, 0.29) is 5.91 Å². The largest absolute Gasteiger partial charge is 0.366 e. The van der Waals surface area contributed by atoms with Crippen molar-refractivity contribution in [2.45, 2.75) is 9.96 Å². The molecule has 1 heterocycles. The number of fused-ring (bicyclic) bond motifs is 1. The first-order chi connectivity index (χ1) is 9.74. The van der Waals surface area contributed by atoms with Crippen LogP contribution < -0.4 is 5.73 Å². The molecule has 0 fully saturated rings. The fourth-order valence-corrected chi connectivity index (χ4v) is 4.30. The van der Waals surface area contributed by atoms with Gasteiger partial charge in [-0.1, -0.05) is 36.4 Å². The molecule has 0 spiro atoms. The minimum atomic E-state index is -0.363. The molecule has 2 aromatic carbocycles. The van der Waals surface area contributed by atoms with E-state index in [0.717, 1.165) is 11.3 Å². The molecule has 0 saturated carbocycles. The molecule has 3 aromatic rings. The van der Waals surface area contributed by atoms with Crippen LogP contribution in [0, 0.1) is 0 Å². The molecule has 3 rings (SSSR count). The smallest absolute Gasteiger partial charge is 0.249 e. The molecule has 100 valence electrons. The van der Waals surface area contributed by atoms with Gasteiger partial charge in [0, 0.05) is 16.0 Å². The number of carbonyl (C=O) groups is 1. The third kappa shape index (κ3) is 2.71. The van der Waals surface area contributed by atoms with Crippen LogP contribution in [0.25, 0.3) is 10.1 Å². The highest BCUT2D eigenvalue weighted by molar-refractivity contribution is 8.00.